The summed E-state index contributed by atoms with van der Waals surface area (Å²) in [4.78, 5) is 1.20. The van der Waals surface area contributed by atoms with Crippen molar-refractivity contribution in [2.45, 2.75) is 17.2 Å². The van der Waals surface area contributed by atoms with Gasteiger partial charge in [-0.2, -0.15) is 0 Å². The lowest BCUT2D eigenvalue weighted by atomic mass is 10.1. The molecule has 2 rings (SSSR count). The topological polar surface area (TPSA) is 44.5 Å². The first kappa shape index (κ1) is 14.8. The van der Waals surface area contributed by atoms with Gasteiger partial charge in [-0.3, -0.25) is 0 Å². The zero-order chi connectivity index (χ0) is 14.4. The van der Waals surface area contributed by atoms with Crippen LogP contribution in [0.5, 0.6) is 11.5 Å². The molecule has 2 aromatic carbocycles. The molecule has 0 aliphatic heterocycles. The number of thioether (sulfide) groups is 1. The molecule has 0 atom stereocenters. The van der Waals surface area contributed by atoms with Crippen molar-refractivity contribution < 1.29 is 9.47 Å². The SMILES string of the molecule is COc1ccc(SCc2cc(CN)ccc2OC)cc1. The number of methoxy groups -OCH3 is 2. The number of hydrogen-bond donors (Lipinski definition) is 1. The molecule has 0 amide bonds. The second-order valence-corrected chi connectivity index (χ2v) is 5.36. The van der Waals surface area contributed by atoms with Crippen LogP contribution in [-0.2, 0) is 12.3 Å². The van der Waals surface area contributed by atoms with Crippen LogP contribution in [-0.4, -0.2) is 14.2 Å². The maximum absolute atomic E-state index is 5.69. The van der Waals surface area contributed by atoms with Gasteiger partial charge >= 0.3 is 0 Å². The summed E-state index contributed by atoms with van der Waals surface area (Å²) < 4.78 is 10.6. The van der Waals surface area contributed by atoms with Crippen LogP contribution in [0.15, 0.2) is 47.4 Å². The summed E-state index contributed by atoms with van der Waals surface area (Å²) in [5, 5.41) is 0. The van der Waals surface area contributed by atoms with Crippen molar-refractivity contribution in [3.8, 4) is 11.5 Å². The molecule has 3 nitrogen and oxygen atoms in total. The Bertz CT molecular complexity index is 555. The average Bonchev–Trinajstić information content (AvgIpc) is 2.53. The summed E-state index contributed by atoms with van der Waals surface area (Å²) in [5.41, 5.74) is 7.97. The van der Waals surface area contributed by atoms with E-state index in [2.05, 4.69) is 18.2 Å². The van der Waals surface area contributed by atoms with Gasteiger partial charge < -0.3 is 15.2 Å². The van der Waals surface area contributed by atoms with E-state index in [9.17, 15) is 0 Å². The van der Waals surface area contributed by atoms with Crippen LogP contribution in [0.1, 0.15) is 11.1 Å². The fourth-order valence-electron chi connectivity index (χ4n) is 1.90. The van der Waals surface area contributed by atoms with Crippen LogP contribution in [0.4, 0.5) is 0 Å². The van der Waals surface area contributed by atoms with E-state index in [0.717, 1.165) is 28.4 Å². The van der Waals surface area contributed by atoms with E-state index < -0.39 is 0 Å². The Morgan fingerprint density at radius 3 is 2.35 bits per heavy atom. The third-order valence-electron chi connectivity index (χ3n) is 3.03. The molecule has 0 fully saturated rings. The molecular formula is C16H19NO2S. The molecule has 20 heavy (non-hydrogen) atoms. The van der Waals surface area contributed by atoms with Crippen molar-refractivity contribution in [2.75, 3.05) is 14.2 Å². The zero-order valence-electron chi connectivity index (χ0n) is 11.8. The third kappa shape index (κ3) is 3.68. The molecule has 0 radical (unpaired) electrons. The van der Waals surface area contributed by atoms with Crippen LogP contribution in [0, 0.1) is 0 Å². The Kier molecular flexibility index (Phi) is 5.32. The van der Waals surface area contributed by atoms with Gasteiger partial charge in [0.15, 0.2) is 0 Å². The standard InChI is InChI=1S/C16H19NO2S/c1-18-14-4-6-15(7-5-14)20-11-13-9-12(10-17)3-8-16(13)19-2/h3-9H,10-11,17H2,1-2H3. The van der Waals surface area contributed by atoms with Crippen LogP contribution in [0.25, 0.3) is 0 Å². The number of hydrogen-bond acceptors (Lipinski definition) is 4. The van der Waals surface area contributed by atoms with Crippen molar-refractivity contribution in [1.82, 2.24) is 0 Å². The first-order chi connectivity index (χ1) is 9.76. The molecule has 0 spiro atoms. The highest BCUT2D eigenvalue weighted by Crippen LogP contribution is 2.29. The van der Waals surface area contributed by atoms with E-state index in [4.69, 9.17) is 15.2 Å². The number of ether oxygens (including phenoxy) is 2. The molecule has 0 unspecified atom stereocenters. The first-order valence-electron chi connectivity index (χ1n) is 6.39. The normalized spacial score (nSPS) is 10.3. The first-order valence-corrected chi connectivity index (χ1v) is 7.38. The highest BCUT2D eigenvalue weighted by molar-refractivity contribution is 7.98. The second kappa shape index (κ2) is 7.22. The Hall–Kier alpha value is -1.65. The molecule has 0 heterocycles. The Balaban J connectivity index is 2.08. The number of nitrogens with two attached hydrogens (primary N) is 1. The molecule has 2 aromatic rings. The molecule has 0 saturated carbocycles. The largest absolute Gasteiger partial charge is 0.497 e. The van der Waals surface area contributed by atoms with E-state index >= 15 is 0 Å². The smallest absolute Gasteiger partial charge is 0.122 e. The van der Waals surface area contributed by atoms with E-state index in [0.29, 0.717) is 6.54 Å². The zero-order valence-corrected chi connectivity index (χ0v) is 12.6. The highest BCUT2D eigenvalue weighted by Gasteiger charge is 2.05. The second-order valence-electron chi connectivity index (χ2n) is 4.31. The maximum Gasteiger partial charge on any atom is 0.122 e. The highest BCUT2D eigenvalue weighted by atomic mass is 32.2. The van der Waals surface area contributed by atoms with Crippen molar-refractivity contribution in [3.05, 3.63) is 53.6 Å². The molecular weight excluding hydrogens is 270 g/mol. The van der Waals surface area contributed by atoms with Crippen LogP contribution in [0.3, 0.4) is 0 Å². The summed E-state index contributed by atoms with van der Waals surface area (Å²) >= 11 is 1.77. The predicted molar refractivity (Wildman–Crippen MR) is 83.4 cm³/mol. The molecule has 0 aliphatic carbocycles. The predicted octanol–water partition coefficient (Wildman–Crippen LogP) is 3.45. The number of rotatable bonds is 6. The van der Waals surface area contributed by atoms with Gasteiger partial charge in [0, 0.05) is 22.8 Å². The summed E-state index contributed by atoms with van der Waals surface area (Å²) in [6, 6.07) is 14.1. The molecule has 0 bridgehead atoms. The van der Waals surface area contributed by atoms with Crippen molar-refractivity contribution in [1.29, 1.82) is 0 Å². The van der Waals surface area contributed by atoms with Gasteiger partial charge in [-0.25, -0.2) is 0 Å². The van der Waals surface area contributed by atoms with Gasteiger partial charge in [0.25, 0.3) is 0 Å². The molecule has 4 heteroatoms. The van der Waals surface area contributed by atoms with E-state index in [-0.39, 0.29) is 0 Å². The lowest BCUT2D eigenvalue weighted by Crippen LogP contribution is -1.98. The Morgan fingerprint density at radius 1 is 1.00 bits per heavy atom. The van der Waals surface area contributed by atoms with Gasteiger partial charge in [-0.05, 0) is 42.0 Å². The monoisotopic (exact) mass is 289 g/mol. The van der Waals surface area contributed by atoms with Crippen molar-refractivity contribution in [3.63, 3.8) is 0 Å². The van der Waals surface area contributed by atoms with E-state index in [1.807, 2.05) is 24.3 Å². The van der Waals surface area contributed by atoms with E-state index in [1.165, 1.54) is 4.90 Å². The Labute approximate surface area is 124 Å². The minimum absolute atomic E-state index is 0.546. The van der Waals surface area contributed by atoms with Gasteiger partial charge in [0.1, 0.15) is 11.5 Å². The summed E-state index contributed by atoms with van der Waals surface area (Å²) in [6.07, 6.45) is 0. The Morgan fingerprint density at radius 2 is 1.75 bits per heavy atom. The lowest BCUT2D eigenvalue weighted by Gasteiger charge is -2.10. The van der Waals surface area contributed by atoms with Crippen LogP contribution < -0.4 is 15.2 Å². The fourth-order valence-corrected chi connectivity index (χ4v) is 2.78. The van der Waals surface area contributed by atoms with Gasteiger partial charge in [0.2, 0.25) is 0 Å². The van der Waals surface area contributed by atoms with Gasteiger partial charge in [0.05, 0.1) is 14.2 Å². The molecule has 0 saturated heterocycles. The average molecular weight is 289 g/mol. The lowest BCUT2D eigenvalue weighted by molar-refractivity contribution is 0.411. The summed E-state index contributed by atoms with van der Waals surface area (Å²) in [7, 11) is 3.37. The molecule has 0 aromatic heterocycles. The maximum atomic E-state index is 5.69. The van der Waals surface area contributed by atoms with Crippen molar-refractivity contribution in [2.24, 2.45) is 5.73 Å². The van der Waals surface area contributed by atoms with Crippen LogP contribution in [0.2, 0.25) is 0 Å². The summed E-state index contributed by atoms with van der Waals surface area (Å²) in [5.74, 6) is 2.63. The quantitative estimate of drug-likeness (QED) is 0.827. The summed E-state index contributed by atoms with van der Waals surface area (Å²) in [6.45, 7) is 0.546. The van der Waals surface area contributed by atoms with E-state index in [1.54, 1.807) is 26.0 Å². The molecule has 106 valence electrons. The number of benzene rings is 2. The minimum Gasteiger partial charge on any atom is -0.497 e. The fraction of sp³-hybridized carbons (Fsp3) is 0.250. The van der Waals surface area contributed by atoms with Crippen molar-refractivity contribution >= 4 is 11.8 Å². The minimum atomic E-state index is 0.546. The van der Waals surface area contributed by atoms with Crippen LogP contribution >= 0.6 is 11.8 Å². The molecule has 2 N–H and O–H groups in total. The third-order valence-corrected chi connectivity index (χ3v) is 4.10. The molecule has 0 aliphatic rings. The van der Waals surface area contributed by atoms with Gasteiger partial charge in [-0.15, -0.1) is 11.8 Å². The van der Waals surface area contributed by atoms with Gasteiger partial charge in [-0.1, -0.05) is 6.07 Å².